The Labute approximate surface area is 129 Å². The van der Waals surface area contributed by atoms with Crippen molar-refractivity contribution in [1.29, 1.82) is 0 Å². The lowest BCUT2D eigenvalue weighted by molar-refractivity contribution is 0.101. The maximum atomic E-state index is 12.3. The van der Waals surface area contributed by atoms with Gasteiger partial charge in [-0.1, -0.05) is 54.6 Å². The number of rotatable bonds is 2. The van der Waals surface area contributed by atoms with Crippen LogP contribution in [0.15, 0.2) is 54.6 Å². The Balaban J connectivity index is 2.02. The molecule has 0 spiro atoms. The summed E-state index contributed by atoms with van der Waals surface area (Å²) in [7, 11) is 0. The van der Waals surface area contributed by atoms with Crippen LogP contribution in [0.25, 0.3) is 22.5 Å². The maximum absolute atomic E-state index is 12.3. The van der Waals surface area contributed by atoms with Crippen LogP contribution in [0.4, 0.5) is 0 Å². The Bertz CT molecular complexity index is 862. The molecule has 0 aliphatic carbocycles. The van der Waals surface area contributed by atoms with Gasteiger partial charge < -0.3 is 0 Å². The fraction of sp³-hybridized carbons (Fsp3) is 0.158. The average molecular weight is 288 g/mol. The fourth-order valence-corrected chi connectivity index (χ4v) is 3.22. The minimum absolute atomic E-state index is 0.0665. The number of hydrogen-bond acceptors (Lipinski definition) is 2. The highest BCUT2D eigenvalue weighted by Gasteiger charge is 2.27. The predicted molar refractivity (Wildman–Crippen MR) is 86.8 cm³/mol. The Morgan fingerprint density at radius 3 is 2.55 bits per heavy atom. The lowest BCUT2D eigenvalue weighted by Gasteiger charge is -2.18. The molecule has 1 aliphatic heterocycles. The third kappa shape index (κ3) is 1.90. The molecule has 0 unspecified atom stereocenters. The number of hydrogen-bond donors (Lipinski definition) is 0. The molecule has 3 heteroatoms. The van der Waals surface area contributed by atoms with Gasteiger partial charge in [-0.15, -0.1) is 0 Å². The molecule has 0 N–H and O–H groups in total. The third-order valence-electron chi connectivity index (χ3n) is 4.22. The Kier molecular flexibility index (Phi) is 2.93. The fourth-order valence-electron chi connectivity index (χ4n) is 3.22. The lowest BCUT2D eigenvalue weighted by Crippen LogP contribution is -2.12. The predicted octanol–water partition coefficient (Wildman–Crippen LogP) is 3.98. The van der Waals surface area contributed by atoms with E-state index in [9.17, 15) is 4.79 Å². The van der Waals surface area contributed by atoms with Crippen LogP contribution in [0.1, 0.15) is 22.8 Å². The number of aryl methyl sites for hydroxylation is 2. The van der Waals surface area contributed by atoms with E-state index in [0.717, 1.165) is 41.0 Å². The zero-order chi connectivity index (χ0) is 15.1. The largest absolute Gasteiger partial charge is 0.294 e. The van der Waals surface area contributed by atoms with Gasteiger partial charge in [0, 0.05) is 17.7 Å². The Morgan fingerprint density at radius 1 is 1.05 bits per heavy atom. The summed E-state index contributed by atoms with van der Waals surface area (Å²) in [6.45, 7) is 2.45. The molecule has 2 heterocycles. The molecule has 3 aromatic rings. The minimum atomic E-state index is 0.0665. The quantitative estimate of drug-likeness (QED) is 0.669. The second-order valence-electron chi connectivity index (χ2n) is 5.62. The summed E-state index contributed by atoms with van der Waals surface area (Å²) in [5.41, 5.74) is 5.91. The molecule has 0 atom stereocenters. The number of carbonyl (C=O) groups is 1. The van der Waals surface area contributed by atoms with Crippen LogP contribution in [0, 0.1) is 0 Å². The highest BCUT2D eigenvalue weighted by Crippen LogP contribution is 2.37. The summed E-state index contributed by atoms with van der Waals surface area (Å²) in [6, 6.07) is 18.2. The molecule has 4 rings (SSSR count). The van der Waals surface area contributed by atoms with Gasteiger partial charge in [0.2, 0.25) is 0 Å². The number of ketones is 1. The summed E-state index contributed by atoms with van der Waals surface area (Å²) >= 11 is 0. The van der Waals surface area contributed by atoms with Gasteiger partial charge in [-0.2, -0.15) is 5.10 Å². The molecule has 0 radical (unpaired) electrons. The van der Waals surface area contributed by atoms with Crippen molar-refractivity contribution in [1.82, 2.24) is 9.78 Å². The molecule has 108 valence electrons. The van der Waals surface area contributed by atoms with Gasteiger partial charge in [0.25, 0.3) is 0 Å². The van der Waals surface area contributed by atoms with Crippen LogP contribution < -0.4 is 0 Å². The van der Waals surface area contributed by atoms with Crippen molar-refractivity contribution >= 4 is 5.78 Å². The van der Waals surface area contributed by atoms with Gasteiger partial charge in [-0.3, -0.25) is 9.48 Å². The van der Waals surface area contributed by atoms with Crippen LogP contribution in [-0.4, -0.2) is 15.6 Å². The van der Waals surface area contributed by atoms with Gasteiger partial charge in [0.05, 0.1) is 11.3 Å². The molecule has 2 aromatic carbocycles. The molecule has 1 aliphatic rings. The topological polar surface area (TPSA) is 34.9 Å². The van der Waals surface area contributed by atoms with Crippen molar-refractivity contribution in [3.05, 3.63) is 65.7 Å². The average Bonchev–Trinajstić information content (AvgIpc) is 2.96. The van der Waals surface area contributed by atoms with Crippen molar-refractivity contribution in [2.75, 3.05) is 0 Å². The molecule has 0 amide bonds. The maximum Gasteiger partial charge on any atom is 0.164 e. The summed E-state index contributed by atoms with van der Waals surface area (Å²) in [5, 5.41) is 4.74. The van der Waals surface area contributed by atoms with Crippen molar-refractivity contribution in [3.8, 4) is 22.5 Å². The zero-order valence-corrected chi connectivity index (χ0v) is 12.4. The van der Waals surface area contributed by atoms with E-state index in [1.165, 1.54) is 5.56 Å². The van der Waals surface area contributed by atoms with Crippen molar-refractivity contribution in [2.24, 2.45) is 0 Å². The molecular weight excluding hydrogens is 272 g/mol. The summed E-state index contributed by atoms with van der Waals surface area (Å²) in [6.07, 6.45) is 0.955. The Hall–Kier alpha value is -2.68. The van der Waals surface area contributed by atoms with E-state index in [0.29, 0.717) is 0 Å². The van der Waals surface area contributed by atoms with E-state index in [4.69, 9.17) is 5.10 Å². The number of nitrogens with zero attached hydrogens (tertiary/aromatic N) is 2. The van der Waals surface area contributed by atoms with Gasteiger partial charge >= 0.3 is 0 Å². The number of benzene rings is 2. The van der Waals surface area contributed by atoms with Gasteiger partial charge in [0.15, 0.2) is 5.78 Å². The first-order valence-electron chi connectivity index (χ1n) is 7.51. The first kappa shape index (κ1) is 13.0. The summed E-state index contributed by atoms with van der Waals surface area (Å²) in [4.78, 5) is 12.3. The van der Waals surface area contributed by atoms with Crippen molar-refractivity contribution in [3.63, 3.8) is 0 Å². The molecule has 0 saturated heterocycles. The summed E-state index contributed by atoms with van der Waals surface area (Å²) in [5.74, 6) is 0.0665. The first-order valence-corrected chi connectivity index (χ1v) is 7.51. The van der Waals surface area contributed by atoms with Gasteiger partial charge in [0.1, 0.15) is 5.69 Å². The molecule has 1 aromatic heterocycles. The zero-order valence-electron chi connectivity index (χ0n) is 12.4. The van der Waals surface area contributed by atoms with Crippen molar-refractivity contribution < 1.29 is 4.79 Å². The third-order valence-corrected chi connectivity index (χ3v) is 4.22. The smallest absolute Gasteiger partial charge is 0.164 e. The summed E-state index contributed by atoms with van der Waals surface area (Å²) < 4.78 is 1.99. The van der Waals surface area contributed by atoms with E-state index in [-0.39, 0.29) is 5.78 Å². The van der Waals surface area contributed by atoms with Crippen LogP contribution >= 0.6 is 0 Å². The highest BCUT2D eigenvalue weighted by molar-refractivity contribution is 6.06. The van der Waals surface area contributed by atoms with E-state index in [1.807, 2.05) is 41.1 Å². The first-order chi connectivity index (χ1) is 10.8. The molecule has 0 fully saturated rings. The molecular formula is C19H16N2O. The van der Waals surface area contributed by atoms with E-state index in [2.05, 4.69) is 18.2 Å². The van der Waals surface area contributed by atoms with E-state index < -0.39 is 0 Å². The van der Waals surface area contributed by atoms with E-state index >= 15 is 0 Å². The second-order valence-corrected chi connectivity index (χ2v) is 5.62. The van der Waals surface area contributed by atoms with Crippen LogP contribution in [0.2, 0.25) is 0 Å². The minimum Gasteiger partial charge on any atom is -0.294 e. The van der Waals surface area contributed by atoms with E-state index in [1.54, 1.807) is 6.92 Å². The van der Waals surface area contributed by atoms with Crippen LogP contribution in [-0.2, 0) is 13.0 Å². The second kappa shape index (κ2) is 4.95. The van der Waals surface area contributed by atoms with Crippen molar-refractivity contribution in [2.45, 2.75) is 19.9 Å². The number of fused-ring (bicyclic) bond motifs is 3. The molecule has 0 bridgehead atoms. The normalized spacial score (nSPS) is 12.6. The number of Topliss-reactive ketones (excluding diaryl/α,β-unsaturated/α-hetero) is 1. The number of aromatic nitrogens is 2. The molecule has 3 nitrogen and oxygen atoms in total. The van der Waals surface area contributed by atoms with Crippen LogP contribution in [0.3, 0.4) is 0 Å². The number of carbonyl (C=O) groups excluding carboxylic acids is 1. The van der Waals surface area contributed by atoms with Crippen LogP contribution in [0.5, 0.6) is 0 Å². The SMILES string of the molecule is CC(=O)c1c(-c2ccccc2)nn2c1-c1ccccc1CC2. The monoisotopic (exact) mass is 288 g/mol. The van der Waals surface area contributed by atoms with Gasteiger partial charge in [-0.25, -0.2) is 0 Å². The lowest BCUT2D eigenvalue weighted by atomic mass is 9.93. The molecule has 22 heavy (non-hydrogen) atoms. The van der Waals surface area contributed by atoms with Gasteiger partial charge in [-0.05, 0) is 18.9 Å². The standard InChI is InChI=1S/C19H16N2O/c1-13(22)17-18(15-8-3-2-4-9-15)20-21-12-11-14-7-5-6-10-16(14)19(17)21/h2-10H,11-12H2,1H3. The molecule has 0 saturated carbocycles. The highest BCUT2D eigenvalue weighted by atomic mass is 16.1. The Morgan fingerprint density at radius 2 is 1.77 bits per heavy atom.